The summed E-state index contributed by atoms with van der Waals surface area (Å²) < 4.78 is 1.93. The smallest absolute Gasteiger partial charge is 0.269 e. The molecule has 28 heavy (non-hydrogen) atoms. The molecule has 1 aromatic heterocycles. The largest absolute Gasteiger partial charge is 0.272 e. The summed E-state index contributed by atoms with van der Waals surface area (Å²) in [6, 6.07) is 16.6. The molecule has 0 bridgehead atoms. The average Bonchev–Trinajstić information content (AvgIpc) is 3.32. The zero-order chi connectivity index (χ0) is 19.7. The van der Waals surface area contributed by atoms with Gasteiger partial charge in [-0.25, -0.2) is 0 Å². The molecule has 0 aliphatic carbocycles. The lowest BCUT2D eigenvalue weighted by Crippen LogP contribution is -2.18. The third kappa shape index (κ3) is 3.26. The number of hydrazone groups is 1. The number of nitro benzene ring substituents is 1. The van der Waals surface area contributed by atoms with Gasteiger partial charge < -0.3 is 0 Å². The average molecular weight is 375 g/mol. The molecule has 0 saturated heterocycles. The Morgan fingerprint density at radius 3 is 2.46 bits per heavy atom. The Kier molecular flexibility index (Phi) is 4.65. The molecule has 2 heterocycles. The molecule has 0 spiro atoms. The summed E-state index contributed by atoms with van der Waals surface area (Å²) in [6.07, 6.45) is 2.82. The van der Waals surface area contributed by atoms with Crippen molar-refractivity contribution >= 4 is 17.1 Å². The molecular formula is C21H21N5O2. The Bertz CT molecular complexity index is 1020. The number of rotatable bonds is 5. The fourth-order valence-electron chi connectivity index (χ4n) is 3.55. The summed E-state index contributed by atoms with van der Waals surface area (Å²) in [6.45, 7) is 4.87. The maximum Gasteiger partial charge on any atom is 0.269 e. The van der Waals surface area contributed by atoms with Gasteiger partial charge in [-0.05, 0) is 31.5 Å². The second kappa shape index (κ2) is 7.26. The van der Waals surface area contributed by atoms with Crippen LogP contribution < -0.4 is 5.01 Å². The molecule has 0 saturated carbocycles. The van der Waals surface area contributed by atoms with E-state index in [2.05, 4.69) is 30.4 Å². The van der Waals surface area contributed by atoms with E-state index in [1.165, 1.54) is 12.1 Å². The molecule has 0 radical (unpaired) electrons. The molecule has 1 atom stereocenters. The van der Waals surface area contributed by atoms with Crippen LogP contribution in [0.4, 0.5) is 11.4 Å². The van der Waals surface area contributed by atoms with Gasteiger partial charge in [-0.15, -0.1) is 0 Å². The molecule has 0 unspecified atom stereocenters. The van der Waals surface area contributed by atoms with Crippen LogP contribution in [0, 0.1) is 17.0 Å². The Labute approximate surface area is 163 Å². The lowest BCUT2D eigenvalue weighted by atomic mass is 9.99. The molecule has 0 N–H and O–H groups in total. The number of nitrogens with zero attached hydrogens (tertiary/aromatic N) is 5. The van der Waals surface area contributed by atoms with Crippen LogP contribution in [0.3, 0.4) is 0 Å². The predicted octanol–water partition coefficient (Wildman–Crippen LogP) is 4.48. The second-order valence-electron chi connectivity index (χ2n) is 6.78. The summed E-state index contributed by atoms with van der Waals surface area (Å²) in [5.74, 6) is 0. The summed E-state index contributed by atoms with van der Waals surface area (Å²) in [5, 5.41) is 22.4. The quantitative estimate of drug-likeness (QED) is 0.487. The number of aromatic nitrogens is 2. The van der Waals surface area contributed by atoms with Gasteiger partial charge in [0, 0.05) is 36.9 Å². The zero-order valence-electron chi connectivity index (χ0n) is 15.8. The van der Waals surface area contributed by atoms with Gasteiger partial charge in [0.15, 0.2) is 0 Å². The highest BCUT2D eigenvalue weighted by atomic mass is 16.6. The highest BCUT2D eigenvalue weighted by Crippen LogP contribution is 2.38. The van der Waals surface area contributed by atoms with E-state index in [0.717, 1.165) is 41.2 Å². The van der Waals surface area contributed by atoms with Crippen molar-refractivity contribution in [1.82, 2.24) is 9.78 Å². The molecular weight excluding hydrogens is 354 g/mol. The molecule has 142 valence electrons. The van der Waals surface area contributed by atoms with Gasteiger partial charge in [0.2, 0.25) is 0 Å². The zero-order valence-corrected chi connectivity index (χ0v) is 15.8. The molecule has 7 nitrogen and oxygen atoms in total. The minimum Gasteiger partial charge on any atom is -0.272 e. The lowest BCUT2D eigenvalue weighted by molar-refractivity contribution is -0.384. The van der Waals surface area contributed by atoms with Crippen LogP contribution in [0.2, 0.25) is 0 Å². The Morgan fingerprint density at radius 1 is 1.14 bits per heavy atom. The SMILES string of the molecule is CCn1cc([C@H]2CC(c3ccccc3)=NN2c2ccc([N+](=O)[O-])cc2)c(C)n1. The molecule has 4 rings (SSSR count). The van der Waals surface area contributed by atoms with Gasteiger partial charge in [-0.1, -0.05) is 30.3 Å². The van der Waals surface area contributed by atoms with Crippen LogP contribution in [0.5, 0.6) is 0 Å². The Hall–Kier alpha value is -3.48. The molecule has 1 aliphatic rings. The van der Waals surface area contributed by atoms with E-state index in [9.17, 15) is 10.1 Å². The minimum atomic E-state index is -0.390. The van der Waals surface area contributed by atoms with Crippen LogP contribution >= 0.6 is 0 Å². The van der Waals surface area contributed by atoms with E-state index in [4.69, 9.17) is 5.10 Å². The number of aryl methyl sites for hydroxylation is 2. The summed E-state index contributed by atoms with van der Waals surface area (Å²) in [5.41, 5.74) is 5.06. The molecule has 0 fully saturated rings. The van der Waals surface area contributed by atoms with Crippen LogP contribution in [-0.2, 0) is 6.54 Å². The van der Waals surface area contributed by atoms with Crippen molar-refractivity contribution in [2.75, 3.05) is 5.01 Å². The van der Waals surface area contributed by atoms with E-state index >= 15 is 0 Å². The van der Waals surface area contributed by atoms with Gasteiger partial charge in [0.25, 0.3) is 5.69 Å². The minimum absolute atomic E-state index is 0.00281. The third-order valence-corrected chi connectivity index (χ3v) is 5.01. The Morgan fingerprint density at radius 2 is 1.86 bits per heavy atom. The normalized spacial score (nSPS) is 16.3. The molecule has 2 aromatic carbocycles. The van der Waals surface area contributed by atoms with Crippen molar-refractivity contribution < 1.29 is 4.92 Å². The second-order valence-corrected chi connectivity index (χ2v) is 6.78. The summed E-state index contributed by atoms with van der Waals surface area (Å²) >= 11 is 0. The molecule has 1 aliphatic heterocycles. The monoisotopic (exact) mass is 375 g/mol. The van der Waals surface area contributed by atoms with Crippen LogP contribution in [0.15, 0.2) is 65.9 Å². The highest BCUT2D eigenvalue weighted by Gasteiger charge is 2.32. The topological polar surface area (TPSA) is 76.6 Å². The maximum absolute atomic E-state index is 11.0. The van der Waals surface area contributed by atoms with E-state index in [0.29, 0.717) is 0 Å². The first-order valence-corrected chi connectivity index (χ1v) is 9.27. The predicted molar refractivity (Wildman–Crippen MR) is 109 cm³/mol. The summed E-state index contributed by atoms with van der Waals surface area (Å²) in [4.78, 5) is 10.6. The maximum atomic E-state index is 11.0. The number of anilines is 1. The van der Waals surface area contributed by atoms with E-state index in [1.54, 1.807) is 12.1 Å². The van der Waals surface area contributed by atoms with Gasteiger partial charge in [0.05, 0.1) is 28.1 Å². The lowest BCUT2D eigenvalue weighted by Gasteiger charge is -2.23. The first kappa shape index (κ1) is 17.9. The summed E-state index contributed by atoms with van der Waals surface area (Å²) in [7, 11) is 0. The molecule has 7 heteroatoms. The van der Waals surface area contributed by atoms with Crippen LogP contribution in [-0.4, -0.2) is 20.4 Å². The fourth-order valence-corrected chi connectivity index (χ4v) is 3.55. The Balaban J connectivity index is 1.75. The van der Waals surface area contributed by atoms with Gasteiger partial charge in [0.1, 0.15) is 0 Å². The fraction of sp³-hybridized carbons (Fsp3) is 0.238. The van der Waals surface area contributed by atoms with Gasteiger partial charge in [-0.3, -0.25) is 19.8 Å². The van der Waals surface area contributed by atoms with Crippen molar-refractivity contribution in [3.63, 3.8) is 0 Å². The highest BCUT2D eigenvalue weighted by molar-refractivity contribution is 6.03. The third-order valence-electron chi connectivity index (χ3n) is 5.01. The molecule has 3 aromatic rings. The van der Waals surface area contributed by atoms with Crippen molar-refractivity contribution in [2.45, 2.75) is 32.9 Å². The van der Waals surface area contributed by atoms with Crippen molar-refractivity contribution in [3.8, 4) is 0 Å². The van der Waals surface area contributed by atoms with Crippen LogP contribution in [0.1, 0.15) is 36.2 Å². The first-order valence-electron chi connectivity index (χ1n) is 9.27. The standard InChI is InChI=1S/C21H21N5O2/c1-3-24-14-19(15(2)22-24)21-13-20(16-7-5-4-6-8-16)23-25(21)17-9-11-18(12-10-17)26(27)28/h4-12,14,21H,3,13H2,1-2H3/t21-/m1/s1. The van der Waals surface area contributed by atoms with Crippen LogP contribution in [0.25, 0.3) is 0 Å². The number of non-ortho nitro benzene ring substituents is 1. The van der Waals surface area contributed by atoms with Crippen molar-refractivity contribution in [3.05, 3.63) is 87.7 Å². The van der Waals surface area contributed by atoms with E-state index in [1.807, 2.05) is 34.8 Å². The number of nitro groups is 1. The van der Waals surface area contributed by atoms with E-state index in [-0.39, 0.29) is 16.7 Å². The van der Waals surface area contributed by atoms with Crippen molar-refractivity contribution in [2.24, 2.45) is 5.10 Å². The first-order chi connectivity index (χ1) is 13.6. The van der Waals surface area contributed by atoms with Gasteiger partial charge >= 0.3 is 0 Å². The molecule has 0 amide bonds. The van der Waals surface area contributed by atoms with E-state index < -0.39 is 0 Å². The van der Waals surface area contributed by atoms with Gasteiger partial charge in [-0.2, -0.15) is 10.2 Å². The number of benzene rings is 2. The van der Waals surface area contributed by atoms with Crippen molar-refractivity contribution in [1.29, 1.82) is 0 Å². The number of hydrogen-bond donors (Lipinski definition) is 0. The number of hydrogen-bond acceptors (Lipinski definition) is 5.